The van der Waals surface area contributed by atoms with E-state index in [0.717, 1.165) is 11.3 Å². The Balaban J connectivity index is 1.68. The number of carbonyl (C=O) groups excluding carboxylic acids is 1. The second-order valence-corrected chi connectivity index (χ2v) is 6.26. The average Bonchev–Trinajstić information content (AvgIpc) is 3.17. The first-order valence-corrected chi connectivity index (χ1v) is 9.49. The molecule has 0 aliphatic rings. The Morgan fingerprint density at radius 2 is 1.86 bits per heavy atom. The topological polar surface area (TPSA) is 74.6 Å². The fourth-order valence-corrected chi connectivity index (χ4v) is 2.86. The van der Waals surface area contributed by atoms with Gasteiger partial charge in [-0.1, -0.05) is 12.1 Å². The van der Waals surface area contributed by atoms with Gasteiger partial charge in [-0.25, -0.2) is 0 Å². The van der Waals surface area contributed by atoms with Crippen LogP contribution >= 0.6 is 0 Å². The Kier molecular flexibility index (Phi) is 6.73. The molecule has 152 valence electrons. The first kappa shape index (κ1) is 20.3. The van der Waals surface area contributed by atoms with E-state index in [0.29, 0.717) is 42.5 Å². The van der Waals surface area contributed by atoms with Crippen molar-refractivity contribution >= 4 is 11.6 Å². The van der Waals surface area contributed by atoms with Gasteiger partial charge in [-0.15, -0.1) is 0 Å². The number of anilines is 1. The number of methoxy groups -OCH3 is 1. The number of benzene rings is 2. The van der Waals surface area contributed by atoms with Gasteiger partial charge in [0.05, 0.1) is 38.8 Å². The quantitative estimate of drug-likeness (QED) is 0.593. The summed E-state index contributed by atoms with van der Waals surface area (Å²) in [6.45, 7) is 5.56. The summed E-state index contributed by atoms with van der Waals surface area (Å²) >= 11 is 0. The molecule has 0 bridgehead atoms. The number of amides is 1. The highest BCUT2D eigenvalue weighted by molar-refractivity contribution is 6.04. The lowest BCUT2D eigenvalue weighted by atomic mass is 10.2. The molecule has 1 aromatic heterocycles. The molecule has 0 fully saturated rings. The number of carbonyl (C=O) groups is 1. The Bertz CT molecular complexity index is 968. The molecule has 7 heteroatoms. The van der Waals surface area contributed by atoms with Crippen molar-refractivity contribution in [3.8, 4) is 17.2 Å². The van der Waals surface area contributed by atoms with Crippen LogP contribution in [0.1, 0.15) is 29.8 Å². The normalized spacial score (nSPS) is 10.4. The summed E-state index contributed by atoms with van der Waals surface area (Å²) in [4.78, 5) is 12.4. The van der Waals surface area contributed by atoms with Crippen molar-refractivity contribution in [2.75, 3.05) is 25.6 Å². The van der Waals surface area contributed by atoms with Gasteiger partial charge in [0.25, 0.3) is 5.91 Å². The molecule has 2 aromatic carbocycles. The molecule has 1 amide bonds. The molecule has 0 unspecified atom stereocenters. The van der Waals surface area contributed by atoms with Gasteiger partial charge in [-0.05, 0) is 49.7 Å². The molecule has 7 nitrogen and oxygen atoms in total. The van der Waals surface area contributed by atoms with Crippen molar-refractivity contribution in [2.45, 2.75) is 20.4 Å². The molecule has 1 heterocycles. The Labute approximate surface area is 170 Å². The zero-order valence-corrected chi connectivity index (χ0v) is 16.8. The van der Waals surface area contributed by atoms with Gasteiger partial charge in [-0.2, -0.15) is 5.10 Å². The second kappa shape index (κ2) is 9.64. The van der Waals surface area contributed by atoms with Crippen molar-refractivity contribution in [3.05, 3.63) is 66.0 Å². The summed E-state index contributed by atoms with van der Waals surface area (Å²) in [5.74, 6) is 1.85. The highest BCUT2D eigenvalue weighted by Gasteiger charge is 2.10. The second-order valence-electron chi connectivity index (χ2n) is 6.26. The van der Waals surface area contributed by atoms with Crippen LogP contribution in [0.4, 0.5) is 5.69 Å². The fraction of sp³-hybridized carbons (Fsp3) is 0.273. The number of hydrogen-bond acceptors (Lipinski definition) is 5. The fourth-order valence-electron chi connectivity index (χ4n) is 2.86. The first-order chi connectivity index (χ1) is 14.1. The minimum Gasteiger partial charge on any atom is -0.497 e. The molecule has 0 aliphatic heterocycles. The largest absolute Gasteiger partial charge is 0.497 e. The lowest BCUT2D eigenvalue weighted by Crippen LogP contribution is -2.11. The van der Waals surface area contributed by atoms with Gasteiger partial charge in [-0.3, -0.25) is 9.48 Å². The van der Waals surface area contributed by atoms with Crippen LogP contribution in [0.2, 0.25) is 0 Å². The number of aromatic nitrogens is 2. The smallest absolute Gasteiger partial charge is 0.255 e. The first-order valence-electron chi connectivity index (χ1n) is 9.49. The van der Waals surface area contributed by atoms with Crippen molar-refractivity contribution in [1.29, 1.82) is 0 Å². The van der Waals surface area contributed by atoms with Gasteiger partial charge in [0, 0.05) is 11.8 Å². The maximum Gasteiger partial charge on any atom is 0.255 e. The molecule has 3 aromatic rings. The van der Waals surface area contributed by atoms with Gasteiger partial charge < -0.3 is 19.5 Å². The molecule has 0 radical (unpaired) electrons. The van der Waals surface area contributed by atoms with Crippen molar-refractivity contribution in [2.24, 2.45) is 0 Å². The van der Waals surface area contributed by atoms with E-state index in [1.54, 1.807) is 48.5 Å². The molecule has 29 heavy (non-hydrogen) atoms. The van der Waals surface area contributed by atoms with Crippen LogP contribution in [0.15, 0.2) is 54.9 Å². The molecular formula is C22H25N3O4. The minimum atomic E-state index is -0.219. The SMILES string of the molecule is CCOc1ccc(Cn2cc(NC(=O)c3cccc(OC)c3)cn2)cc1OCC. The maximum atomic E-state index is 12.4. The van der Waals surface area contributed by atoms with Crippen molar-refractivity contribution < 1.29 is 19.0 Å². The number of nitrogens with one attached hydrogen (secondary N) is 1. The van der Waals surface area contributed by atoms with Crippen molar-refractivity contribution in [3.63, 3.8) is 0 Å². The zero-order chi connectivity index (χ0) is 20.6. The summed E-state index contributed by atoms with van der Waals surface area (Å²) in [6, 6.07) is 12.8. The number of hydrogen-bond donors (Lipinski definition) is 1. The van der Waals surface area contributed by atoms with E-state index in [-0.39, 0.29) is 5.91 Å². The van der Waals surface area contributed by atoms with E-state index in [2.05, 4.69) is 10.4 Å². The lowest BCUT2D eigenvalue weighted by molar-refractivity contribution is 0.102. The van der Waals surface area contributed by atoms with Crippen molar-refractivity contribution in [1.82, 2.24) is 9.78 Å². The summed E-state index contributed by atoms with van der Waals surface area (Å²) in [5, 5.41) is 7.18. The summed E-state index contributed by atoms with van der Waals surface area (Å²) < 4.78 is 18.2. The van der Waals surface area contributed by atoms with Gasteiger partial charge in [0.2, 0.25) is 0 Å². The van der Waals surface area contributed by atoms with Gasteiger partial charge in [0.1, 0.15) is 5.75 Å². The average molecular weight is 395 g/mol. The predicted octanol–water partition coefficient (Wildman–Crippen LogP) is 3.99. The monoisotopic (exact) mass is 395 g/mol. The van der Waals surface area contributed by atoms with Crippen LogP contribution in [0.3, 0.4) is 0 Å². The minimum absolute atomic E-state index is 0.219. The highest BCUT2D eigenvalue weighted by Crippen LogP contribution is 2.29. The highest BCUT2D eigenvalue weighted by atomic mass is 16.5. The molecule has 0 aliphatic carbocycles. The Morgan fingerprint density at radius 3 is 2.62 bits per heavy atom. The molecule has 0 spiro atoms. The number of rotatable bonds is 9. The number of ether oxygens (including phenoxy) is 3. The van der Waals surface area contributed by atoms with Gasteiger partial charge >= 0.3 is 0 Å². The van der Waals surface area contributed by atoms with E-state index in [1.807, 2.05) is 32.0 Å². The lowest BCUT2D eigenvalue weighted by Gasteiger charge is -2.12. The van der Waals surface area contributed by atoms with E-state index >= 15 is 0 Å². The molecule has 0 atom stereocenters. The maximum absolute atomic E-state index is 12.4. The van der Waals surface area contributed by atoms with Crippen LogP contribution in [0, 0.1) is 0 Å². The van der Waals surface area contributed by atoms with Crippen LogP contribution in [0.25, 0.3) is 0 Å². The molecule has 1 N–H and O–H groups in total. The van der Waals surface area contributed by atoms with Gasteiger partial charge in [0.15, 0.2) is 11.5 Å². The number of nitrogens with zero attached hydrogens (tertiary/aromatic N) is 2. The molecule has 0 saturated heterocycles. The summed E-state index contributed by atoms with van der Waals surface area (Å²) in [7, 11) is 1.57. The Morgan fingerprint density at radius 1 is 1.07 bits per heavy atom. The van der Waals surface area contributed by atoms with Crippen LogP contribution in [-0.2, 0) is 6.54 Å². The van der Waals surface area contributed by atoms with E-state index < -0.39 is 0 Å². The zero-order valence-electron chi connectivity index (χ0n) is 16.8. The third kappa shape index (κ3) is 5.28. The van der Waals surface area contributed by atoms with Crippen LogP contribution in [-0.4, -0.2) is 36.0 Å². The van der Waals surface area contributed by atoms with Crippen LogP contribution in [0.5, 0.6) is 17.2 Å². The summed E-state index contributed by atoms with van der Waals surface area (Å²) in [5.41, 5.74) is 2.16. The third-order valence-corrected chi connectivity index (χ3v) is 4.18. The molecule has 3 rings (SSSR count). The predicted molar refractivity (Wildman–Crippen MR) is 111 cm³/mol. The van der Waals surface area contributed by atoms with E-state index in [1.165, 1.54) is 0 Å². The Hall–Kier alpha value is -3.48. The van der Waals surface area contributed by atoms with E-state index in [4.69, 9.17) is 14.2 Å². The van der Waals surface area contributed by atoms with E-state index in [9.17, 15) is 4.79 Å². The third-order valence-electron chi connectivity index (χ3n) is 4.18. The standard InChI is InChI=1S/C22H25N3O4/c1-4-28-20-10-9-16(11-21(20)29-5-2)14-25-15-18(13-23-25)24-22(26)17-7-6-8-19(12-17)27-3/h6-13,15H,4-5,14H2,1-3H3,(H,24,26). The van der Waals surface area contributed by atoms with Crippen LogP contribution < -0.4 is 19.5 Å². The molecule has 0 saturated carbocycles. The molecular weight excluding hydrogens is 370 g/mol. The summed E-state index contributed by atoms with van der Waals surface area (Å²) in [6.07, 6.45) is 3.41.